The smallest absolute Gasteiger partial charge is 0.258 e. The van der Waals surface area contributed by atoms with Crippen LogP contribution in [0.2, 0.25) is 5.15 Å². The van der Waals surface area contributed by atoms with E-state index >= 15 is 0 Å². The Morgan fingerprint density at radius 1 is 1.28 bits per heavy atom. The molecule has 2 N–H and O–H groups in total. The molecule has 92 valence electrons. The fraction of sp³-hybridized carbons (Fsp3) is 0.0769. The lowest BCUT2D eigenvalue weighted by atomic mass is 10.2. The molecule has 0 fully saturated rings. The van der Waals surface area contributed by atoms with Crippen LogP contribution in [0.3, 0.4) is 0 Å². The van der Waals surface area contributed by atoms with E-state index in [0.29, 0.717) is 11.3 Å². The fourth-order valence-electron chi connectivity index (χ4n) is 1.45. The topological polar surface area (TPSA) is 62.2 Å². The highest BCUT2D eigenvalue weighted by molar-refractivity contribution is 6.33. The van der Waals surface area contributed by atoms with Crippen LogP contribution in [0.15, 0.2) is 42.6 Å². The number of aliphatic hydroxyl groups excluding tert-OH is 1. The molecule has 0 bridgehead atoms. The largest absolute Gasteiger partial charge is 0.392 e. The van der Waals surface area contributed by atoms with Crippen molar-refractivity contribution in [3.8, 4) is 0 Å². The lowest BCUT2D eigenvalue weighted by molar-refractivity contribution is 0.102. The third kappa shape index (κ3) is 2.85. The standard InChI is InChI=1S/C13H11ClN2O2/c14-12-11(2-1-7-15-12)13(18)16-10-5-3-9(8-17)4-6-10/h1-7,17H,8H2,(H,16,18). The molecule has 0 saturated heterocycles. The van der Waals surface area contributed by atoms with Crippen LogP contribution in [-0.2, 0) is 6.61 Å². The molecular weight excluding hydrogens is 252 g/mol. The maximum absolute atomic E-state index is 11.9. The summed E-state index contributed by atoms with van der Waals surface area (Å²) < 4.78 is 0. The predicted molar refractivity (Wildman–Crippen MR) is 69.6 cm³/mol. The molecule has 0 atom stereocenters. The van der Waals surface area contributed by atoms with E-state index in [9.17, 15) is 4.79 Å². The quantitative estimate of drug-likeness (QED) is 0.836. The van der Waals surface area contributed by atoms with Crippen LogP contribution in [0, 0.1) is 0 Å². The highest BCUT2D eigenvalue weighted by atomic mass is 35.5. The molecule has 5 heteroatoms. The van der Waals surface area contributed by atoms with Gasteiger partial charge in [0.15, 0.2) is 0 Å². The number of nitrogens with zero attached hydrogens (tertiary/aromatic N) is 1. The van der Waals surface area contributed by atoms with Gasteiger partial charge >= 0.3 is 0 Å². The zero-order valence-electron chi connectivity index (χ0n) is 9.43. The first-order valence-electron chi connectivity index (χ1n) is 5.32. The Morgan fingerprint density at radius 2 is 2.00 bits per heavy atom. The molecule has 0 aliphatic rings. The van der Waals surface area contributed by atoms with Gasteiger partial charge in [0.05, 0.1) is 12.2 Å². The molecule has 18 heavy (non-hydrogen) atoms. The number of benzene rings is 1. The van der Waals surface area contributed by atoms with E-state index in [-0.39, 0.29) is 17.7 Å². The first-order chi connectivity index (χ1) is 8.70. The molecule has 1 aromatic heterocycles. The normalized spacial score (nSPS) is 10.1. The van der Waals surface area contributed by atoms with Crippen molar-refractivity contribution in [3.05, 3.63) is 58.9 Å². The van der Waals surface area contributed by atoms with Crippen molar-refractivity contribution < 1.29 is 9.90 Å². The number of pyridine rings is 1. The molecule has 4 nitrogen and oxygen atoms in total. The van der Waals surface area contributed by atoms with Gasteiger partial charge in [-0.2, -0.15) is 0 Å². The lowest BCUT2D eigenvalue weighted by Crippen LogP contribution is -2.12. The maximum atomic E-state index is 11.9. The molecule has 0 radical (unpaired) electrons. The number of halogens is 1. The van der Waals surface area contributed by atoms with Crippen LogP contribution in [-0.4, -0.2) is 16.0 Å². The summed E-state index contributed by atoms with van der Waals surface area (Å²) in [5.74, 6) is -0.315. The predicted octanol–water partition coefficient (Wildman–Crippen LogP) is 2.48. The van der Waals surface area contributed by atoms with Crippen molar-refractivity contribution in [1.29, 1.82) is 0 Å². The van der Waals surface area contributed by atoms with Gasteiger partial charge in [-0.3, -0.25) is 4.79 Å². The Labute approximate surface area is 109 Å². The van der Waals surface area contributed by atoms with Crippen LogP contribution >= 0.6 is 11.6 Å². The number of rotatable bonds is 3. The molecule has 0 spiro atoms. The number of carbonyl (C=O) groups excluding carboxylic acids is 1. The fourth-order valence-corrected chi connectivity index (χ4v) is 1.65. The molecular formula is C13H11ClN2O2. The zero-order valence-corrected chi connectivity index (χ0v) is 10.2. The van der Waals surface area contributed by atoms with Gasteiger partial charge in [-0.05, 0) is 29.8 Å². The molecule has 0 aliphatic carbocycles. The monoisotopic (exact) mass is 262 g/mol. The number of anilines is 1. The van der Waals surface area contributed by atoms with Crippen LogP contribution in [0.4, 0.5) is 5.69 Å². The second-order valence-corrected chi connectivity index (χ2v) is 4.01. The maximum Gasteiger partial charge on any atom is 0.258 e. The van der Waals surface area contributed by atoms with Gasteiger partial charge in [-0.1, -0.05) is 23.7 Å². The van der Waals surface area contributed by atoms with Crippen LogP contribution in [0.1, 0.15) is 15.9 Å². The Morgan fingerprint density at radius 3 is 2.61 bits per heavy atom. The molecule has 2 aromatic rings. The van der Waals surface area contributed by atoms with Crippen LogP contribution in [0.25, 0.3) is 0 Å². The molecule has 2 rings (SSSR count). The van der Waals surface area contributed by atoms with Crippen molar-refractivity contribution in [3.63, 3.8) is 0 Å². The van der Waals surface area contributed by atoms with Crippen LogP contribution in [0.5, 0.6) is 0 Å². The van der Waals surface area contributed by atoms with Gasteiger partial charge in [0, 0.05) is 11.9 Å². The Kier molecular flexibility index (Phi) is 3.92. The van der Waals surface area contributed by atoms with E-state index in [2.05, 4.69) is 10.3 Å². The number of hydrogen-bond acceptors (Lipinski definition) is 3. The lowest BCUT2D eigenvalue weighted by Gasteiger charge is -2.06. The number of nitrogens with one attached hydrogen (secondary N) is 1. The number of aliphatic hydroxyl groups is 1. The summed E-state index contributed by atoms with van der Waals surface area (Å²) in [7, 11) is 0. The Balaban J connectivity index is 2.14. The number of hydrogen-bond donors (Lipinski definition) is 2. The Bertz CT molecular complexity index is 555. The van der Waals surface area contributed by atoms with Gasteiger partial charge in [0.1, 0.15) is 5.15 Å². The van der Waals surface area contributed by atoms with Crippen molar-refractivity contribution >= 4 is 23.2 Å². The molecule has 0 unspecified atom stereocenters. The molecule has 0 saturated carbocycles. The highest BCUT2D eigenvalue weighted by Gasteiger charge is 2.10. The second-order valence-electron chi connectivity index (χ2n) is 3.65. The second kappa shape index (κ2) is 5.62. The number of aromatic nitrogens is 1. The summed E-state index contributed by atoms with van der Waals surface area (Å²) in [6, 6.07) is 10.2. The SMILES string of the molecule is O=C(Nc1ccc(CO)cc1)c1cccnc1Cl. The molecule has 0 aliphatic heterocycles. The van der Waals surface area contributed by atoms with Gasteiger partial charge in [-0.15, -0.1) is 0 Å². The minimum atomic E-state index is -0.315. The summed E-state index contributed by atoms with van der Waals surface area (Å²) in [5, 5.41) is 11.8. The molecule has 1 heterocycles. The van der Waals surface area contributed by atoms with E-state index in [1.807, 2.05) is 0 Å². The minimum Gasteiger partial charge on any atom is -0.392 e. The van der Waals surface area contributed by atoms with Gasteiger partial charge < -0.3 is 10.4 Å². The van der Waals surface area contributed by atoms with E-state index in [1.54, 1.807) is 36.4 Å². The van der Waals surface area contributed by atoms with Crippen LogP contribution < -0.4 is 5.32 Å². The third-order valence-electron chi connectivity index (χ3n) is 2.40. The summed E-state index contributed by atoms with van der Waals surface area (Å²) in [6.07, 6.45) is 1.52. The van der Waals surface area contributed by atoms with Crippen molar-refractivity contribution in [2.45, 2.75) is 6.61 Å². The average molecular weight is 263 g/mol. The van der Waals surface area contributed by atoms with E-state index < -0.39 is 0 Å². The highest BCUT2D eigenvalue weighted by Crippen LogP contribution is 2.15. The third-order valence-corrected chi connectivity index (χ3v) is 2.70. The van der Waals surface area contributed by atoms with Crippen molar-refractivity contribution in [2.75, 3.05) is 5.32 Å². The Hall–Kier alpha value is -1.91. The van der Waals surface area contributed by atoms with Crippen molar-refractivity contribution in [2.24, 2.45) is 0 Å². The molecule has 1 aromatic carbocycles. The minimum absolute atomic E-state index is 0.0251. The van der Waals surface area contributed by atoms with Gasteiger partial charge in [-0.25, -0.2) is 4.98 Å². The summed E-state index contributed by atoms with van der Waals surface area (Å²) >= 11 is 5.83. The van der Waals surface area contributed by atoms with E-state index in [0.717, 1.165) is 5.56 Å². The van der Waals surface area contributed by atoms with E-state index in [1.165, 1.54) is 6.20 Å². The van der Waals surface area contributed by atoms with Gasteiger partial charge in [0.2, 0.25) is 0 Å². The van der Waals surface area contributed by atoms with Crippen molar-refractivity contribution in [1.82, 2.24) is 4.98 Å². The molecule has 1 amide bonds. The number of amides is 1. The zero-order chi connectivity index (χ0) is 13.0. The first-order valence-corrected chi connectivity index (χ1v) is 5.70. The summed E-state index contributed by atoms with van der Waals surface area (Å²) in [6.45, 7) is -0.0251. The number of carbonyl (C=O) groups is 1. The van der Waals surface area contributed by atoms with E-state index in [4.69, 9.17) is 16.7 Å². The van der Waals surface area contributed by atoms with Gasteiger partial charge in [0.25, 0.3) is 5.91 Å². The summed E-state index contributed by atoms with van der Waals surface area (Å²) in [5.41, 5.74) is 1.75. The average Bonchev–Trinajstić information content (AvgIpc) is 2.40. The summed E-state index contributed by atoms with van der Waals surface area (Å²) in [4.78, 5) is 15.7. The first kappa shape index (κ1) is 12.5.